The normalized spacial score (nSPS) is 12.5. The van der Waals surface area contributed by atoms with Gasteiger partial charge in [-0.25, -0.2) is 0 Å². The Labute approximate surface area is 123 Å². The number of rotatable bonds is 9. The van der Waals surface area contributed by atoms with Gasteiger partial charge in [0.05, 0.1) is 13.7 Å². The molecule has 3 heteroatoms. The summed E-state index contributed by atoms with van der Waals surface area (Å²) in [5.41, 5.74) is 1.16. The number of hydrogen-bond acceptors (Lipinski definition) is 3. The minimum atomic E-state index is 0.504. The molecule has 0 heterocycles. The lowest BCUT2D eigenvalue weighted by atomic mass is 10.1. The van der Waals surface area contributed by atoms with E-state index in [1.165, 1.54) is 0 Å². The minimum Gasteiger partial charge on any atom is -0.493 e. The Morgan fingerprint density at radius 2 is 1.95 bits per heavy atom. The molecule has 1 atom stereocenters. The number of para-hydroxylation sites is 1. The number of methoxy groups -OCH3 is 1. The molecular weight excluding hydrogens is 250 g/mol. The van der Waals surface area contributed by atoms with Crippen LogP contribution in [0.15, 0.2) is 18.2 Å². The number of hydrogen-bond donors (Lipinski definition) is 1. The summed E-state index contributed by atoms with van der Waals surface area (Å²) in [6, 6.07) is 6.58. The third-order valence-corrected chi connectivity index (χ3v) is 3.48. The van der Waals surface area contributed by atoms with Gasteiger partial charge in [-0.1, -0.05) is 32.9 Å². The van der Waals surface area contributed by atoms with E-state index in [0.29, 0.717) is 12.0 Å². The fourth-order valence-electron chi connectivity index (χ4n) is 1.85. The smallest absolute Gasteiger partial charge is 0.165 e. The molecule has 1 aromatic carbocycles. The van der Waals surface area contributed by atoms with Gasteiger partial charge in [0.1, 0.15) is 0 Å². The van der Waals surface area contributed by atoms with Gasteiger partial charge in [0.15, 0.2) is 11.5 Å². The predicted molar refractivity (Wildman–Crippen MR) is 84.5 cm³/mol. The van der Waals surface area contributed by atoms with Crippen molar-refractivity contribution in [3.63, 3.8) is 0 Å². The zero-order chi connectivity index (χ0) is 15.0. The standard InChI is InChI=1S/C17H29NO2/c1-6-14(4)18-12-15-8-7-9-16(19-5)17(15)20-11-10-13(2)3/h7-9,13-14,18H,6,10-12H2,1-5H3. The summed E-state index contributed by atoms with van der Waals surface area (Å²) >= 11 is 0. The molecule has 0 fully saturated rings. The molecule has 0 aromatic heterocycles. The second-order valence-electron chi connectivity index (χ2n) is 5.67. The molecule has 3 nitrogen and oxygen atoms in total. The highest BCUT2D eigenvalue weighted by molar-refractivity contribution is 5.46. The molecule has 0 amide bonds. The second-order valence-corrected chi connectivity index (χ2v) is 5.67. The van der Waals surface area contributed by atoms with Crippen LogP contribution < -0.4 is 14.8 Å². The van der Waals surface area contributed by atoms with Crippen LogP contribution >= 0.6 is 0 Å². The second kappa shape index (κ2) is 8.85. The molecule has 1 unspecified atom stereocenters. The highest BCUT2D eigenvalue weighted by Crippen LogP contribution is 2.31. The average molecular weight is 279 g/mol. The molecule has 0 saturated carbocycles. The maximum atomic E-state index is 5.97. The van der Waals surface area contributed by atoms with Crippen LogP contribution in [-0.4, -0.2) is 19.8 Å². The average Bonchev–Trinajstić information content (AvgIpc) is 2.44. The van der Waals surface area contributed by atoms with Crippen molar-refractivity contribution in [1.29, 1.82) is 0 Å². The molecule has 1 aromatic rings. The summed E-state index contributed by atoms with van der Waals surface area (Å²) in [5.74, 6) is 2.34. The van der Waals surface area contributed by atoms with Gasteiger partial charge in [-0.15, -0.1) is 0 Å². The van der Waals surface area contributed by atoms with E-state index in [-0.39, 0.29) is 0 Å². The van der Waals surface area contributed by atoms with Crippen molar-refractivity contribution in [2.45, 2.75) is 53.1 Å². The Bertz CT molecular complexity index is 391. The quantitative estimate of drug-likeness (QED) is 0.741. The molecule has 0 aliphatic carbocycles. The SMILES string of the molecule is CCC(C)NCc1cccc(OC)c1OCCC(C)C. The highest BCUT2D eigenvalue weighted by Gasteiger charge is 2.11. The fourth-order valence-corrected chi connectivity index (χ4v) is 1.85. The van der Waals surface area contributed by atoms with Crippen LogP contribution in [0.1, 0.15) is 46.1 Å². The monoisotopic (exact) mass is 279 g/mol. The summed E-state index contributed by atoms with van der Waals surface area (Å²) < 4.78 is 11.4. The lowest BCUT2D eigenvalue weighted by molar-refractivity contribution is 0.269. The molecule has 1 rings (SSSR count). The van der Waals surface area contributed by atoms with E-state index >= 15 is 0 Å². The van der Waals surface area contributed by atoms with E-state index in [1.54, 1.807) is 7.11 Å². The van der Waals surface area contributed by atoms with Gasteiger partial charge in [-0.2, -0.15) is 0 Å². The van der Waals surface area contributed by atoms with Crippen LogP contribution in [0.25, 0.3) is 0 Å². The zero-order valence-corrected chi connectivity index (χ0v) is 13.5. The van der Waals surface area contributed by atoms with Crippen LogP contribution in [0.3, 0.4) is 0 Å². The van der Waals surface area contributed by atoms with E-state index in [0.717, 1.165) is 43.1 Å². The van der Waals surface area contributed by atoms with Gasteiger partial charge in [0.2, 0.25) is 0 Å². The van der Waals surface area contributed by atoms with Gasteiger partial charge in [0.25, 0.3) is 0 Å². The summed E-state index contributed by atoms with van der Waals surface area (Å²) in [4.78, 5) is 0. The van der Waals surface area contributed by atoms with Gasteiger partial charge >= 0.3 is 0 Å². The van der Waals surface area contributed by atoms with Gasteiger partial charge in [0, 0.05) is 18.2 Å². The van der Waals surface area contributed by atoms with Gasteiger partial charge < -0.3 is 14.8 Å². The third-order valence-electron chi connectivity index (χ3n) is 3.48. The van der Waals surface area contributed by atoms with Crippen molar-refractivity contribution in [3.05, 3.63) is 23.8 Å². The lowest BCUT2D eigenvalue weighted by Gasteiger charge is -2.17. The summed E-state index contributed by atoms with van der Waals surface area (Å²) in [5, 5.41) is 3.50. The van der Waals surface area contributed by atoms with Gasteiger partial charge in [-0.3, -0.25) is 0 Å². The van der Waals surface area contributed by atoms with E-state index in [9.17, 15) is 0 Å². The molecule has 0 aliphatic rings. The van der Waals surface area contributed by atoms with Crippen LogP contribution in [0.4, 0.5) is 0 Å². The van der Waals surface area contributed by atoms with Crippen LogP contribution in [0.5, 0.6) is 11.5 Å². The maximum Gasteiger partial charge on any atom is 0.165 e. The molecular formula is C17H29NO2. The lowest BCUT2D eigenvalue weighted by Crippen LogP contribution is -2.24. The first-order valence-electron chi connectivity index (χ1n) is 7.60. The minimum absolute atomic E-state index is 0.504. The summed E-state index contributed by atoms with van der Waals surface area (Å²) in [7, 11) is 1.69. The molecule has 20 heavy (non-hydrogen) atoms. The molecule has 114 valence electrons. The van der Waals surface area contributed by atoms with Crippen LogP contribution in [0.2, 0.25) is 0 Å². The largest absolute Gasteiger partial charge is 0.493 e. The molecule has 0 aliphatic heterocycles. The predicted octanol–water partition coefficient (Wildman–Crippen LogP) is 4.01. The Balaban J connectivity index is 2.75. The first-order valence-corrected chi connectivity index (χ1v) is 7.60. The number of nitrogens with one attached hydrogen (secondary N) is 1. The van der Waals surface area contributed by atoms with Crippen molar-refractivity contribution in [3.8, 4) is 11.5 Å². The Hall–Kier alpha value is -1.22. The molecule has 0 spiro atoms. The first-order chi connectivity index (χ1) is 9.58. The third kappa shape index (κ3) is 5.41. The van der Waals surface area contributed by atoms with E-state index in [4.69, 9.17) is 9.47 Å². The Morgan fingerprint density at radius 3 is 2.55 bits per heavy atom. The zero-order valence-electron chi connectivity index (χ0n) is 13.5. The van der Waals surface area contributed by atoms with Crippen LogP contribution in [0, 0.1) is 5.92 Å². The topological polar surface area (TPSA) is 30.5 Å². The highest BCUT2D eigenvalue weighted by atomic mass is 16.5. The summed E-state index contributed by atoms with van der Waals surface area (Å²) in [6.07, 6.45) is 2.17. The molecule has 1 N–H and O–H groups in total. The van der Waals surface area contributed by atoms with Crippen molar-refractivity contribution in [2.75, 3.05) is 13.7 Å². The first kappa shape index (κ1) is 16.8. The fraction of sp³-hybridized carbons (Fsp3) is 0.647. The molecule has 0 bridgehead atoms. The van der Waals surface area contributed by atoms with E-state index < -0.39 is 0 Å². The maximum absolute atomic E-state index is 5.97. The Morgan fingerprint density at radius 1 is 1.20 bits per heavy atom. The number of benzene rings is 1. The van der Waals surface area contributed by atoms with Crippen molar-refractivity contribution in [1.82, 2.24) is 5.32 Å². The molecule has 0 radical (unpaired) electrons. The Kier molecular flexibility index (Phi) is 7.45. The van der Waals surface area contributed by atoms with E-state index in [2.05, 4.69) is 39.1 Å². The number of ether oxygens (including phenoxy) is 2. The summed E-state index contributed by atoms with van der Waals surface area (Å²) in [6.45, 7) is 10.3. The molecule has 0 saturated heterocycles. The van der Waals surface area contributed by atoms with Crippen LogP contribution in [-0.2, 0) is 6.54 Å². The van der Waals surface area contributed by atoms with Crippen molar-refractivity contribution >= 4 is 0 Å². The van der Waals surface area contributed by atoms with E-state index in [1.807, 2.05) is 12.1 Å². The van der Waals surface area contributed by atoms with Gasteiger partial charge in [-0.05, 0) is 31.7 Å². The van der Waals surface area contributed by atoms with Crippen molar-refractivity contribution < 1.29 is 9.47 Å². The van der Waals surface area contributed by atoms with Crippen molar-refractivity contribution in [2.24, 2.45) is 5.92 Å².